The van der Waals surface area contributed by atoms with E-state index in [9.17, 15) is 13.2 Å². The highest BCUT2D eigenvalue weighted by atomic mass is 35.5. The molecule has 0 atom stereocenters. The Labute approximate surface area is 192 Å². The van der Waals surface area contributed by atoms with Gasteiger partial charge in [0.25, 0.3) is 0 Å². The molecule has 1 aromatic carbocycles. The van der Waals surface area contributed by atoms with Crippen molar-refractivity contribution in [2.24, 2.45) is 4.99 Å². The summed E-state index contributed by atoms with van der Waals surface area (Å²) >= 11 is 7.40. The normalized spacial score (nSPS) is 12.5. The van der Waals surface area contributed by atoms with Crippen molar-refractivity contribution in [2.45, 2.75) is 30.6 Å². The highest BCUT2D eigenvalue weighted by molar-refractivity contribution is 7.98. The van der Waals surface area contributed by atoms with E-state index in [1.807, 2.05) is 29.7 Å². The summed E-state index contributed by atoms with van der Waals surface area (Å²) in [7, 11) is 0. The Kier molecular flexibility index (Phi) is 7.87. The van der Waals surface area contributed by atoms with Crippen LogP contribution in [0.3, 0.4) is 0 Å². The van der Waals surface area contributed by atoms with Crippen molar-refractivity contribution < 1.29 is 13.2 Å². The Morgan fingerprint density at radius 3 is 2.75 bits per heavy atom. The Bertz CT molecular complexity index is 1140. The maximum Gasteiger partial charge on any atom is 0.416 e. The minimum Gasteiger partial charge on any atom is -0.297 e. The van der Waals surface area contributed by atoms with Crippen LogP contribution in [0.5, 0.6) is 0 Å². The number of allylic oxidation sites excluding steroid dienone is 3. The molecular formula is C22H19ClF3N5S. The molecule has 2 heterocycles. The summed E-state index contributed by atoms with van der Waals surface area (Å²) in [6, 6.07) is 8.76. The van der Waals surface area contributed by atoms with E-state index in [1.165, 1.54) is 17.8 Å². The van der Waals surface area contributed by atoms with E-state index < -0.39 is 11.7 Å². The van der Waals surface area contributed by atoms with Gasteiger partial charge >= 0.3 is 6.18 Å². The number of nitrogens with zero attached hydrogens (tertiary/aromatic N) is 5. The van der Waals surface area contributed by atoms with Crippen molar-refractivity contribution >= 4 is 30.1 Å². The van der Waals surface area contributed by atoms with Crippen molar-refractivity contribution in [1.29, 1.82) is 0 Å². The first-order valence-corrected chi connectivity index (χ1v) is 10.8. The topological polar surface area (TPSA) is 56.0 Å². The summed E-state index contributed by atoms with van der Waals surface area (Å²) < 4.78 is 41.1. The molecule has 10 heteroatoms. The second-order valence-electron chi connectivity index (χ2n) is 6.74. The second kappa shape index (κ2) is 10.6. The standard InChI is InChI=1S/C22H19ClF3N5S/c1-15(6-5-10-27-2)13-31-20(19-7-3-4-11-28-19)29-30-21(31)32-14-16-12-17(22(24,25)26)8-9-18(16)23/h3-12H,2,13-14H2,1H3. The average Bonchev–Trinajstić information content (AvgIpc) is 3.15. The Hall–Kier alpha value is -2.91. The first-order valence-electron chi connectivity index (χ1n) is 9.40. The predicted molar refractivity (Wildman–Crippen MR) is 122 cm³/mol. The van der Waals surface area contributed by atoms with Gasteiger partial charge in [0.2, 0.25) is 0 Å². The van der Waals surface area contributed by atoms with E-state index in [4.69, 9.17) is 11.6 Å². The van der Waals surface area contributed by atoms with Crippen LogP contribution in [0.4, 0.5) is 13.2 Å². The fourth-order valence-electron chi connectivity index (χ4n) is 2.80. The summed E-state index contributed by atoms with van der Waals surface area (Å²) in [5, 5.41) is 9.33. The summed E-state index contributed by atoms with van der Waals surface area (Å²) in [5.74, 6) is 0.758. The molecule has 3 aromatic rings. The molecule has 0 aliphatic heterocycles. The number of hydrogen-bond donors (Lipinski definition) is 0. The van der Waals surface area contributed by atoms with E-state index in [0.717, 1.165) is 17.7 Å². The highest BCUT2D eigenvalue weighted by Crippen LogP contribution is 2.34. The molecule has 0 saturated heterocycles. The first-order chi connectivity index (χ1) is 15.3. The van der Waals surface area contributed by atoms with Gasteiger partial charge in [-0.1, -0.05) is 41.1 Å². The van der Waals surface area contributed by atoms with E-state index >= 15 is 0 Å². The highest BCUT2D eigenvalue weighted by Gasteiger charge is 2.31. The van der Waals surface area contributed by atoms with Gasteiger partial charge in [-0.2, -0.15) is 13.2 Å². The molecule has 0 fully saturated rings. The Balaban J connectivity index is 1.91. The predicted octanol–water partition coefficient (Wildman–Crippen LogP) is 6.47. The van der Waals surface area contributed by atoms with Crippen LogP contribution in [0.15, 0.2) is 76.7 Å². The molecule has 5 nitrogen and oxygen atoms in total. The molecule has 0 N–H and O–H groups in total. The molecule has 0 spiro atoms. The molecule has 3 rings (SSSR count). The lowest BCUT2D eigenvalue weighted by molar-refractivity contribution is -0.137. The van der Waals surface area contributed by atoms with Crippen molar-refractivity contribution in [1.82, 2.24) is 19.7 Å². The lowest BCUT2D eigenvalue weighted by Crippen LogP contribution is -2.06. The number of pyridine rings is 1. The number of benzene rings is 1. The molecule has 0 saturated carbocycles. The molecule has 0 aliphatic carbocycles. The first kappa shape index (κ1) is 23.7. The van der Waals surface area contributed by atoms with Crippen molar-refractivity contribution in [3.63, 3.8) is 0 Å². The van der Waals surface area contributed by atoms with Crippen LogP contribution in [0, 0.1) is 0 Å². The summed E-state index contributed by atoms with van der Waals surface area (Å²) in [6.07, 6.45) is 2.44. The van der Waals surface area contributed by atoms with Gasteiger partial charge in [0, 0.05) is 29.7 Å². The number of aromatic nitrogens is 4. The molecule has 0 aliphatic rings. The molecule has 0 radical (unpaired) electrons. The number of aliphatic imine (C=N–C) groups is 1. The SMILES string of the molecule is C=NC=CC=C(C)Cn1c(SCc2cc(C(F)(F)F)ccc2Cl)nnc1-c1ccccn1. The average molecular weight is 478 g/mol. The Morgan fingerprint density at radius 2 is 2.06 bits per heavy atom. The van der Waals surface area contributed by atoms with Gasteiger partial charge in [-0.3, -0.25) is 14.5 Å². The Morgan fingerprint density at radius 1 is 1.25 bits per heavy atom. The summed E-state index contributed by atoms with van der Waals surface area (Å²) in [5.41, 5.74) is 1.25. The summed E-state index contributed by atoms with van der Waals surface area (Å²) in [4.78, 5) is 8.01. The van der Waals surface area contributed by atoms with Gasteiger partial charge in [-0.15, -0.1) is 10.2 Å². The summed E-state index contributed by atoms with van der Waals surface area (Å²) in [6.45, 7) is 5.79. The smallest absolute Gasteiger partial charge is 0.297 e. The van der Waals surface area contributed by atoms with E-state index in [0.29, 0.717) is 28.8 Å². The number of halogens is 4. The van der Waals surface area contributed by atoms with Crippen molar-refractivity contribution in [2.75, 3.05) is 0 Å². The van der Waals surface area contributed by atoms with Gasteiger partial charge in [-0.25, -0.2) is 0 Å². The molecule has 2 aromatic heterocycles. The van der Waals surface area contributed by atoms with Crippen LogP contribution in [0.25, 0.3) is 11.5 Å². The van der Waals surface area contributed by atoms with Crippen LogP contribution >= 0.6 is 23.4 Å². The van der Waals surface area contributed by atoms with Crippen LogP contribution in [-0.4, -0.2) is 26.5 Å². The van der Waals surface area contributed by atoms with Crippen molar-refractivity contribution in [3.05, 3.63) is 82.7 Å². The molecule has 0 unspecified atom stereocenters. The lowest BCUT2D eigenvalue weighted by atomic mass is 10.1. The third-order valence-electron chi connectivity index (χ3n) is 4.32. The van der Waals surface area contributed by atoms with Crippen LogP contribution in [-0.2, 0) is 18.5 Å². The monoisotopic (exact) mass is 477 g/mol. The molecule has 166 valence electrons. The number of hydrogen-bond acceptors (Lipinski definition) is 5. The molecule has 32 heavy (non-hydrogen) atoms. The third-order valence-corrected chi connectivity index (χ3v) is 5.70. The van der Waals surface area contributed by atoms with Gasteiger partial charge in [0.05, 0.1) is 5.56 Å². The zero-order valence-electron chi connectivity index (χ0n) is 17.1. The maximum absolute atomic E-state index is 13.1. The maximum atomic E-state index is 13.1. The third kappa shape index (κ3) is 6.08. The van der Waals surface area contributed by atoms with Crippen molar-refractivity contribution in [3.8, 4) is 11.5 Å². The van der Waals surface area contributed by atoms with E-state index in [2.05, 4.69) is 26.9 Å². The fourth-order valence-corrected chi connectivity index (χ4v) is 3.99. The quantitative estimate of drug-likeness (QED) is 0.212. The van der Waals surface area contributed by atoms with Crippen LogP contribution in [0.2, 0.25) is 5.02 Å². The lowest BCUT2D eigenvalue weighted by Gasteiger charge is -2.12. The van der Waals surface area contributed by atoms with Gasteiger partial charge in [-0.05, 0) is 55.6 Å². The number of rotatable bonds is 8. The van der Waals surface area contributed by atoms with Crippen LogP contribution < -0.4 is 0 Å². The minimum atomic E-state index is -4.44. The largest absolute Gasteiger partial charge is 0.416 e. The molecular weight excluding hydrogens is 459 g/mol. The fraction of sp³-hybridized carbons (Fsp3) is 0.182. The van der Waals surface area contributed by atoms with Gasteiger partial charge in [0.15, 0.2) is 11.0 Å². The molecule has 0 bridgehead atoms. The zero-order valence-corrected chi connectivity index (χ0v) is 18.6. The molecule has 0 amide bonds. The number of thioether (sulfide) groups is 1. The van der Waals surface area contributed by atoms with Gasteiger partial charge in [0.1, 0.15) is 5.69 Å². The van der Waals surface area contributed by atoms with Crippen LogP contribution in [0.1, 0.15) is 18.1 Å². The second-order valence-corrected chi connectivity index (χ2v) is 8.09. The van der Waals surface area contributed by atoms with E-state index in [-0.39, 0.29) is 10.8 Å². The zero-order chi connectivity index (χ0) is 23.1. The minimum absolute atomic E-state index is 0.201. The number of alkyl halides is 3. The van der Waals surface area contributed by atoms with E-state index in [1.54, 1.807) is 24.5 Å². The van der Waals surface area contributed by atoms with Gasteiger partial charge < -0.3 is 0 Å².